The molecule has 0 unspecified atom stereocenters. The molecule has 0 aliphatic carbocycles. The molecule has 2 aromatic rings. The summed E-state index contributed by atoms with van der Waals surface area (Å²) >= 11 is 0. The zero-order valence-corrected chi connectivity index (χ0v) is 13.4. The van der Waals surface area contributed by atoms with E-state index in [1.54, 1.807) is 4.90 Å². The number of hydrogen-bond donors (Lipinski definition) is 0. The van der Waals surface area contributed by atoms with Crippen LogP contribution in [0.5, 0.6) is 5.75 Å². The van der Waals surface area contributed by atoms with Gasteiger partial charge >= 0.3 is 6.09 Å². The lowest BCUT2D eigenvalue weighted by Crippen LogP contribution is -2.49. The number of benzene rings is 1. The molecular formula is C18H17N3O3. The molecule has 6 heteroatoms. The number of aryl methyl sites for hydroxylation is 1. The molecule has 1 fully saturated rings. The predicted molar refractivity (Wildman–Crippen MR) is 85.7 cm³/mol. The van der Waals surface area contributed by atoms with Crippen LogP contribution in [0.1, 0.15) is 24.1 Å². The minimum absolute atomic E-state index is 0.451. The van der Waals surface area contributed by atoms with Crippen molar-refractivity contribution in [2.45, 2.75) is 25.4 Å². The summed E-state index contributed by atoms with van der Waals surface area (Å²) in [6, 6.07) is 10.3. The average molecular weight is 323 g/mol. The van der Waals surface area contributed by atoms with Crippen molar-refractivity contribution in [1.29, 1.82) is 5.26 Å². The first-order valence-electron chi connectivity index (χ1n) is 7.96. The molecule has 6 nitrogen and oxygen atoms in total. The first-order chi connectivity index (χ1) is 11.6. The van der Waals surface area contributed by atoms with Crippen LogP contribution in [0.3, 0.4) is 0 Å². The first kappa shape index (κ1) is 14.6. The van der Waals surface area contributed by atoms with Crippen molar-refractivity contribution < 1.29 is 14.3 Å². The fourth-order valence-corrected chi connectivity index (χ4v) is 3.64. The van der Waals surface area contributed by atoms with Gasteiger partial charge in [0.25, 0.3) is 6.26 Å². The summed E-state index contributed by atoms with van der Waals surface area (Å²) in [5, 5.41) is 8.50. The van der Waals surface area contributed by atoms with Crippen molar-refractivity contribution in [1.82, 2.24) is 9.47 Å². The van der Waals surface area contributed by atoms with Crippen LogP contribution in [0, 0.1) is 18.4 Å². The second-order valence-corrected chi connectivity index (χ2v) is 6.28. The number of carbonyl (C=O) groups is 1. The van der Waals surface area contributed by atoms with Crippen molar-refractivity contribution in [2.75, 3.05) is 13.1 Å². The fourth-order valence-electron chi connectivity index (χ4n) is 3.64. The van der Waals surface area contributed by atoms with Gasteiger partial charge in [0.15, 0.2) is 5.60 Å². The molecule has 2 aliphatic rings. The van der Waals surface area contributed by atoms with Gasteiger partial charge in [0.2, 0.25) is 0 Å². The van der Waals surface area contributed by atoms with Crippen molar-refractivity contribution in [2.24, 2.45) is 0 Å². The van der Waals surface area contributed by atoms with E-state index in [1.165, 1.54) is 6.26 Å². The highest BCUT2D eigenvalue weighted by atomic mass is 16.5. The highest BCUT2D eigenvalue weighted by Gasteiger charge is 2.44. The zero-order chi connectivity index (χ0) is 16.7. The number of likely N-dealkylation sites (tertiary alicyclic amines) is 1. The van der Waals surface area contributed by atoms with Crippen molar-refractivity contribution in [3.05, 3.63) is 47.8 Å². The van der Waals surface area contributed by atoms with Crippen LogP contribution < -0.4 is 4.74 Å². The Kier molecular flexibility index (Phi) is 3.24. The molecule has 24 heavy (non-hydrogen) atoms. The van der Waals surface area contributed by atoms with E-state index in [-0.39, 0.29) is 0 Å². The fraction of sp³-hybridized carbons (Fsp3) is 0.333. The maximum absolute atomic E-state index is 11.7. The minimum Gasteiger partial charge on any atom is -0.479 e. The van der Waals surface area contributed by atoms with Crippen LogP contribution in [-0.4, -0.2) is 28.6 Å². The number of piperidine rings is 1. The van der Waals surface area contributed by atoms with E-state index in [9.17, 15) is 4.79 Å². The predicted octanol–water partition coefficient (Wildman–Crippen LogP) is 3.09. The summed E-state index contributed by atoms with van der Waals surface area (Å²) in [4.78, 5) is 13.3. The Morgan fingerprint density at radius 3 is 2.88 bits per heavy atom. The monoisotopic (exact) mass is 323 g/mol. The van der Waals surface area contributed by atoms with Gasteiger partial charge < -0.3 is 18.9 Å². The maximum atomic E-state index is 11.7. The topological polar surface area (TPSA) is 67.5 Å². The van der Waals surface area contributed by atoms with Gasteiger partial charge in [-0.15, -0.1) is 5.26 Å². The molecule has 1 spiro atoms. The maximum Gasteiger partial charge on any atom is 0.425 e. The number of nitriles is 1. The summed E-state index contributed by atoms with van der Waals surface area (Å²) in [6.07, 6.45) is 4.21. The van der Waals surface area contributed by atoms with Gasteiger partial charge in [-0.25, -0.2) is 4.79 Å². The Balaban J connectivity index is 1.67. The number of rotatable bonds is 0. The number of hydrogen-bond acceptors (Lipinski definition) is 4. The highest BCUT2D eigenvalue weighted by molar-refractivity contribution is 5.68. The Morgan fingerprint density at radius 2 is 2.12 bits per heavy atom. The van der Waals surface area contributed by atoms with Gasteiger partial charge in [-0.2, -0.15) is 0 Å². The van der Waals surface area contributed by atoms with Gasteiger partial charge in [-0.05, 0) is 36.8 Å². The Labute approximate surface area is 139 Å². The molecule has 1 aromatic carbocycles. The van der Waals surface area contributed by atoms with Gasteiger partial charge in [-0.3, -0.25) is 0 Å². The van der Waals surface area contributed by atoms with Crippen molar-refractivity contribution >= 4 is 6.09 Å². The van der Waals surface area contributed by atoms with Crippen LogP contribution in [0.2, 0.25) is 0 Å². The van der Waals surface area contributed by atoms with E-state index in [4.69, 9.17) is 10.00 Å². The summed E-state index contributed by atoms with van der Waals surface area (Å²) < 4.78 is 13.0. The molecule has 0 saturated carbocycles. The molecule has 4 rings (SSSR count). The summed E-state index contributed by atoms with van der Waals surface area (Å²) in [5.41, 5.74) is 2.84. The number of ether oxygens (including phenoxy) is 2. The summed E-state index contributed by atoms with van der Waals surface area (Å²) in [7, 11) is 0. The number of aromatic nitrogens is 1. The molecule has 122 valence electrons. The van der Waals surface area contributed by atoms with Crippen molar-refractivity contribution in [3.63, 3.8) is 0 Å². The number of carbonyl (C=O) groups excluding carboxylic acids is 1. The molecule has 1 aromatic heterocycles. The molecule has 0 bridgehead atoms. The molecule has 1 amide bonds. The van der Waals surface area contributed by atoms with Gasteiger partial charge in [-0.1, -0.05) is 6.07 Å². The molecule has 0 radical (unpaired) electrons. The smallest absolute Gasteiger partial charge is 0.425 e. The van der Waals surface area contributed by atoms with Gasteiger partial charge in [0.1, 0.15) is 5.75 Å². The van der Waals surface area contributed by atoms with E-state index in [1.807, 2.05) is 19.2 Å². The number of fused-ring (bicyclic) bond motifs is 4. The molecule has 1 saturated heterocycles. The first-order valence-corrected chi connectivity index (χ1v) is 7.96. The van der Waals surface area contributed by atoms with Crippen LogP contribution in [0.4, 0.5) is 4.79 Å². The van der Waals surface area contributed by atoms with Gasteiger partial charge in [0.05, 0.1) is 11.4 Å². The molecule has 2 aliphatic heterocycles. The average Bonchev–Trinajstić information content (AvgIpc) is 3.06. The normalized spacial score (nSPS) is 17.4. The zero-order valence-electron chi connectivity index (χ0n) is 13.4. The minimum atomic E-state index is -0.588. The number of amides is 1. The Bertz CT molecular complexity index is 841. The third-order valence-electron chi connectivity index (χ3n) is 4.86. The standard InChI is InChI=1S/C18H17N3O3/c1-13-4-5-14-15(11-13)24-18(16-3-2-8-21(14)16)6-9-20(10-7-18)17(22)23-12-19/h2-5,8,11H,6-7,9-10H2,1H3. The van der Waals surface area contributed by atoms with E-state index in [0.29, 0.717) is 25.9 Å². The molecule has 0 atom stereocenters. The van der Waals surface area contributed by atoms with Crippen LogP contribution >= 0.6 is 0 Å². The third-order valence-corrected chi connectivity index (χ3v) is 4.86. The SMILES string of the molecule is Cc1ccc2c(c1)OC1(CCN(C(=O)OC#N)CC1)c1cccn1-2. The van der Waals surface area contributed by atoms with Crippen molar-refractivity contribution in [3.8, 4) is 17.7 Å². The lowest BCUT2D eigenvalue weighted by molar-refractivity contribution is -0.00911. The molecule has 3 heterocycles. The molecule has 0 N–H and O–H groups in total. The van der Waals surface area contributed by atoms with Crippen LogP contribution in [0.15, 0.2) is 36.5 Å². The highest BCUT2D eigenvalue weighted by Crippen LogP contribution is 2.45. The van der Waals surface area contributed by atoms with E-state index >= 15 is 0 Å². The van der Waals surface area contributed by atoms with E-state index in [2.05, 4.69) is 33.6 Å². The van der Waals surface area contributed by atoms with E-state index in [0.717, 1.165) is 22.7 Å². The third kappa shape index (κ3) is 2.13. The van der Waals surface area contributed by atoms with Crippen LogP contribution in [-0.2, 0) is 10.3 Å². The Hall–Kier alpha value is -2.94. The Morgan fingerprint density at radius 1 is 1.33 bits per heavy atom. The number of nitrogens with zero attached hydrogens (tertiary/aromatic N) is 3. The summed E-state index contributed by atoms with van der Waals surface area (Å²) in [6.45, 7) is 3.03. The van der Waals surface area contributed by atoms with E-state index < -0.39 is 11.7 Å². The summed E-state index contributed by atoms with van der Waals surface area (Å²) in [5.74, 6) is 0.867. The molecular weight excluding hydrogens is 306 g/mol. The second-order valence-electron chi connectivity index (χ2n) is 6.28. The largest absolute Gasteiger partial charge is 0.479 e. The lowest BCUT2D eigenvalue weighted by atomic mass is 9.86. The quantitative estimate of drug-likeness (QED) is 0.699. The second kappa shape index (κ2) is 5.31. The van der Waals surface area contributed by atoms with Gasteiger partial charge in [0, 0.05) is 32.1 Å². The van der Waals surface area contributed by atoms with Crippen LogP contribution in [0.25, 0.3) is 5.69 Å². The lowest BCUT2D eigenvalue weighted by Gasteiger charge is -2.44.